The summed E-state index contributed by atoms with van der Waals surface area (Å²) in [6, 6.07) is 9.43. The fourth-order valence-corrected chi connectivity index (χ4v) is 3.97. The summed E-state index contributed by atoms with van der Waals surface area (Å²) < 4.78 is 0.583. The standard InChI is InChI=1S/C16H12BrN3O2S/c17-11-8-23-16(14(11)15(18)22)20-13(21)7-9-3-1-5-12-10(9)4-2-6-19-12/h1-6,8H,7H2,(H2,18,22)(H,20,21). The van der Waals surface area contributed by atoms with E-state index in [1.54, 1.807) is 11.6 Å². The zero-order valence-electron chi connectivity index (χ0n) is 11.9. The molecule has 0 aliphatic carbocycles. The molecule has 0 unspecified atom stereocenters. The Morgan fingerprint density at radius 2 is 2.09 bits per heavy atom. The van der Waals surface area contributed by atoms with Gasteiger partial charge in [-0.3, -0.25) is 14.6 Å². The molecule has 0 aliphatic heterocycles. The summed E-state index contributed by atoms with van der Waals surface area (Å²) in [5, 5.41) is 5.86. The lowest BCUT2D eigenvalue weighted by atomic mass is 10.1. The van der Waals surface area contributed by atoms with Crippen LogP contribution in [-0.4, -0.2) is 16.8 Å². The van der Waals surface area contributed by atoms with Crippen LogP contribution in [0.1, 0.15) is 15.9 Å². The minimum atomic E-state index is -0.581. The number of amides is 2. The summed E-state index contributed by atoms with van der Waals surface area (Å²) in [5.74, 6) is -0.791. The van der Waals surface area contributed by atoms with Crippen molar-refractivity contribution in [2.75, 3.05) is 5.32 Å². The number of nitrogens with two attached hydrogens (primary N) is 1. The molecule has 0 fully saturated rings. The second kappa shape index (κ2) is 6.47. The van der Waals surface area contributed by atoms with Gasteiger partial charge in [-0.15, -0.1) is 11.3 Å². The van der Waals surface area contributed by atoms with Crippen LogP contribution in [0.3, 0.4) is 0 Å². The van der Waals surface area contributed by atoms with Crippen LogP contribution in [0.4, 0.5) is 5.00 Å². The van der Waals surface area contributed by atoms with Crippen molar-refractivity contribution in [1.82, 2.24) is 4.98 Å². The van der Waals surface area contributed by atoms with Gasteiger partial charge < -0.3 is 11.1 Å². The van der Waals surface area contributed by atoms with Gasteiger partial charge in [-0.1, -0.05) is 18.2 Å². The molecule has 23 heavy (non-hydrogen) atoms. The van der Waals surface area contributed by atoms with E-state index in [4.69, 9.17) is 5.73 Å². The third-order valence-electron chi connectivity index (χ3n) is 3.33. The molecule has 5 nitrogen and oxygen atoms in total. The number of fused-ring (bicyclic) bond motifs is 1. The first-order valence-corrected chi connectivity index (χ1v) is 8.43. The van der Waals surface area contributed by atoms with Gasteiger partial charge in [-0.25, -0.2) is 0 Å². The number of nitrogens with one attached hydrogen (secondary N) is 1. The minimum absolute atomic E-state index is 0.191. The molecule has 0 bridgehead atoms. The SMILES string of the molecule is NC(=O)c1c(Br)csc1NC(=O)Cc1cccc2ncccc12. The van der Waals surface area contributed by atoms with E-state index in [2.05, 4.69) is 26.2 Å². The molecule has 0 saturated carbocycles. The van der Waals surface area contributed by atoms with E-state index < -0.39 is 5.91 Å². The van der Waals surface area contributed by atoms with E-state index in [9.17, 15) is 9.59 Å². The Kier molecular flexibility index (Phi) is 4.40. The lowest BCUT2D eigenvalue weighted by molar-refractivity contribution is -0.115. The number of pyridine rings is 1. The average molecular weight is 390 g/mol. The summed E-state index contributed by atoms with van der Waals surface area (Å²) in [4.78, 5) is 28.1. The first-order valence-electron chi connectivity index (χ1n) is 6.75. The number of thiophene rings is 1. The van der Waals surface area contributed by atoms with Crippen molar-refractivity contribution in [3.63, 3.8) is 0 Å². The smallest absolute Gasteiger partial charge is 0.252 e. The number of hydrogen-bond acceptors (Lipinski definition) is 4. The van der Waals surface area contributed by atoms with Gasteiger partial charge >= 0.3 is 0 Å². The fourth-order valence-electron chi connectivity index (χ4n) is 2.32. The van der Waals surface area contributed by atoms with Crippen LogP contribution in [0.2, 0.25) is 0 Å². The maximum atomic E-state index is 12.3. The number of carbonyl (C=O) groups excluding carboxylic acids is 2. The van der Waals surface area contributed by atoms with E-state index in [-0.39, 0.29) is 12.3 Å². The van der Waals surface area contributed by atoms with Gasteiger partial charge in [-0.05, 0) is 33.6 Å². The zero-order chi connectivity index (χ0) is 16.4. The highest BCUT2D eigenvalue weighted by atomic mass is 79.9. The summed E-state index contributed by atoms with van der Waals surface area (Å²) in [7, 11) is 0. The van der Waals surface area contributed by atoms with Crippen LogP contribution in [-0.2, 0) is 11.2 Å². The van der Waals surface area contributed by atoms with Crippen LogP contribution in [0, 0.1) is 0 Å². The predicted octanol–water partition coefficient (Wildman–Crippen LogP) is 3.34. The third kappa shape index (κ3) is 3.25. The molecule has 7 heteroatoms. The first kappa shape index (κ1) is 15.6. The molecular weight excluding hydrogens is 378 g/mol. The number of anilines is 1. The van der Waals surface area contributed by atoms with Crippen molar-refractivity contribution in [2.45, 2.75) is 6.42 Å². The zero-order valence-corrected chi connectivity index (χ0v) is 14.3. The molecule has 3 aromatic rings. The minimum Gasteiger partial charge on any atom is -0.365 e. The molecule has 2 aromatic heterocycles. The van der Waals surface area contributed by atoms with Gasteiger partial charge in [0.2, 0.25) is 5.91 Å². The van der Waals surface area contributed by atoms with E-state index in [0.717, 1.165) is 16.5 Å². The molecule has 2 amide bonds. The fraction of sp³-hybridized carbons (Fsp3) is 0.0625. The quantitative estimate of drug-likeness (QED) is 0.717. The molecule has 3 rings (SSSR count). The highest BCUT2D eigenvalue weighted by Crippen LogP contribution is 2.32. The number of rotatable bonds is 4. The van der Waals surface area contributed by atoms with Crippen molar-refractivity contribution >= 4 is 55.0 Å². The Labute approximate surface area is 144 Å². The summed E-state index contributed by atoms with van der Waals surface area (Å²) in [6.07, 6.45) is 1.91. The summed E-state index contributed by atoms with van der Waals surface area (Å²) in [5.41, 5.74) is 7.36. The Hall–Kier alpha value is -2.25. The number of hydrogen-bond donors (Lipinski definition) is 2. The molecule has 0 radical (unpaired) electrons. The second-order valence-corrected chi connectivity index (χ2v) is 6.60. The summed E-state index contributed by atoms with van der Waals surface area (Å²) in [6.45, 7) is 0. The predicted molar refractivity (Wildman–Crippen MR) is 94.6 cm³/mol. The van der Waals surface area contributed by atoms with Crippen LogP contribution >= 0.6 is 27.3 Å². The second-order valence-electron chi connectivity index (χ2n) is 4.86. The Morgan fingerprint density at radius 3 is 2.87 bits per heavy atom. The van der Waals surface area contributed by atoms with E-state index >= 15 is 0 Å². The van der Waals surface area contributed by atoms with Crippen molar-refractivity contribution in [3.05, 3.63) is 57.5 Å². The topological polar surface area (TPSA) is 85.1 Å². The highest BCUT2D eigenvalue weighted by molar-refractivity contribution is 9.10. The van der Waals surface area contributed by atoms with Gasteiger partial charge in [0.05, 0.1) is 17.5 Å². The first-order chi connectivity index (χ1) is 11.1. The largest absolute Gasteiger partial charge is 0.365 e. The highest BCUT2D eigenvalue weighted by Gasteiger charge is 2.17. The normalized spacial score (nSPS) is 10.7. The average Bonchev–Trinajstić information content (AvgIpc) is 2.88. The Balaban J connectivity index is 1.84. The molecule has 0 aliphatic rings. The van der Waals surface area contributed by atoms with E-state index in [1.807, 2.05) is 30.3 Å². The van der Waals surface area contributed by atoms with Crippen LogP contribution in [0.25, 0.3) is 10.9 Å². The maximum Gasteiger partial charge on any atom is 0.252 e. The van der Waals surface area contributed by atoms with Gasteiger partial charge in [0.15, 0.2) is 0 Å². The molecule has 0 spiro atoms. The lowest BCUT2D eigenvalue weighted by Crippen LogP contribution is -2.18. The Morgan fingerprint density at radius 1 is 1.26 bits per heavy atom. The number of primary amides is 1. The number of halogens is 1. The molecule has 1 aromatic carbocycles. The van der Waals surface area contributed by atoms with Crippen molar-refractivity contribution in [3.8, 4) is 0 Å². The van der Waals surface area contributed by atoms with E-state index in [0.29, 0.717) is 15.0 Å². The maximum absolute atomic E-state index is 12.3. The van der Waals surface area contributed by atoms with Gasteiger partial charge in [0.25, 0.3) is 5.91 Å². The molecular formula is C16H12BrN3O2S. The van der Waals surface area contributed by atoms with Gasteiger partial charge in [0.1, 0.15) is 5.00 Å². The molecule has 116 valence electrons. The third-order valence-corrected chi connectivity index (χ3v) is 5.16. The van der Waals surface area contributed by atoms with Crippen LogP contribution in [0.15, 0.2) is 46.4 Å². The summed E-state index contributed by atoms with van der Waals surface area (Å²) >= 11 is 4.51. The number of nitrogens with zero attached hydrogens (tertiary/aromatic N) is 1. The number of carbonyl (C=O) groups is 2. The molecule has 3 N–H and O–H groups in total. The van der Waals surface area contributed by atoms with Crippen LogP contribution in [0.5, 0.6) is 0 Å². The van der Waals surface area contributed by atoms with Gasteiger partial charge in [0, 0.05) is 21.4 Å². The van der Waals surface area contributed by atoms with Crippen molar-refractivity contribution in [2.24, 2.45) is 5.73 Å². The Bertz CT molecular complexity index is 902. The number of aromatic nitrogens is 1. The molecule has 2 heterocycles. The van der Waals surface area contributed by atoms with Gasteiger partial charge in [-0.2, -0.15) is 0 Å². The van der Waals surface area contributed by atoms with Crippen LogP contribution < -0.4 is 11.1 Å². The van der Waals surface area contributed by atoms with Crippen molar-refractivity contribution < 1.29 is 9.59 Å². The number of benzene rings is 1. The monoisotopic (exact) mass is 389 g/mol. The van der Waals surface area contributed by atoms with E-state index in [1.165, 1.54) is 11.3 Å². The molecule has 0 atom stereocenters. The van der Waals surface area contributed by atoms with Crippen molar-refractivity contribution in [1.29, 1.82) is 0 Å². The molecule has 0 saturated heterocycles. The lowest BCUT2D eigenvalue weighted by Gasteiger charge is -2.07.